The molecule has 0 N–H and O–H groups in total. The SMILES string of the molecule is CC(C)OC[C@H]1O[C@@H](C(C)C)[C@@H](F)C1OC(C)C. The molecule has 4 heteroatoms. The van der Waals surface area contributed by atoms with Gasteiger partial charge >= 0.3 is 0 Å². The molecule has 0 radical (unpaired) electrons. The maximum Gasteiger partial charge on any atom is 0.155 e. The summed E-state index contributed by atoms with van der Waals surface area (Å²) in [6.45, 7) is 12.1. The first kappa shape index (κ1) is 15.9. The molecule has 1 rings (SSSR count). The Labute approximate surface area is 110 Å². The molecule has 1 aliphatic rings. The minimum atomic E-state index is -1.08. The van der Waals surface area contributed by atoms with Crippen LogP contribution in [0.2, 0.25) is 0 Å². The van der Waals surface area contributed by atoms with Crippen molar-refractivity contribution in [3.05, 3.63) is 0 Å². The standard InChI is InChI=1S/C14H27FO3/c1-8(2)13-12(15)14(17-10(5)6)11(18-13)7-16-9(3)4/h8-14H,7H2,1-6H3/t11-,12-,13+,14?/m1/s1. The van der Waals surface area contributed by atoms with E-state index in [4.69, 9.17) is 14.2 Å². The van der Waals surface area contributed by atoms with Gasteiger partial charge < -0.3 is 14.2 Å². The Balaban J connectivity index is 2.66. The summed E-state index contributed by atoms with van der Waals surface area (Å²) in [7, 11) is 0. The van der Waals surface area contributed by atoms with Crippen LogP contribution in [0.1, 0.15) is 41.5 Å². The van der Waals surface area contributed by atoms with E-state index in [1.54, 1.807) is 0 Å². The molecule has 1 unspecified atom stereocenters. The third-order valence-electron chi connectivity index (χ3n) is 3.01. The highest BCUT2D eigenvalue weighted by molar-refractivity contribution is 4.93. The topological polar surface area (TPSA) is 27.7 Å². The van der Waals surface area contributed by atoms with Gasteiger partial charge in [0.05, 0.1) is 24.9 Å². The fourth-order valence-electron chi connectivity index (χ4n) is 2.17. The van der Waals surface area contributed by atoms with Crippen molar-refractivity contribution in [2.45, 2.75) is 78.2 Å². The van der Waals surface area contributed by atoms with Crippen molar-refractivity contribution < 1.29 is 18.6 Å². The molecule has 0 spiro atoms. The molecule has 0 bridgehead atoms. The molecular formula is C14H27FO3. The zero-order chi connectivity index (χ0) is 13.9. The van der Waals surface area contributed by atoms with Gasteiger partial charge in [-0.2, -0.15) is 0 Å². The fraction of sp³-hybridized carbons (Fsp3) is 1.00. The molecule has 0 aromatic rings. The average molecular weight is 262 g/mol. The van der Waals surface area contributed by atoms with E-state index >= 15 is 0 Å². The Hall–Kier alpha value is -0.190. The minimum Gasteiger partial charge on any atom is -0.376 e. The Morgan fingerprint density at radius 3 is 2.11 bits per heavy atom. The first-order valence-corrected chi connectivity index (χ1v) is 6.89. The summed E-state index contributed by atoms with van der Waals surface area (Å²) in [5.41, 5.74) is 0. The predicted octanol–water partition coefficient (Wildman–Crippen LogP) is 2.97. The number of rotatable bonds is 6. The molecule has 1 saturated heterocycles. The lowest BCUT2D eigenvalue weighted by Gasteiger charge is -2.23. The lowest BCUT2D eigenvalue weighted by Crippen LogP contribution is -2.37. The predicted molar refractivity (Wildman–Crippen MR) is 69.5 cm³/mol. The van der Waals surface area contributed by atoms with Crippen molar-refractivity contribution in [1.82, 2.24) is 0 Å². The van der Waals surface area contributed by atoms with Gasteiger partial charge in [-0.3, -0.25) is 0 Å². The Morgan fingerprint density at radius 2 is 1.67 bits per heavy atom. The van der Waals surface area contributed by atoms with E-state index in [2.05, 4.69) is 0 Å². The smallest absolute Gasteiger partial charge is 0.155 e. The van der Waals surface area contributed by atoms with Gasteiger partial charge in [-0.05, 0) is 33.6 Å². The zero-order valence-electron chi connectivity index (χ0n) is 12.4. The summed E-state index contributed by atoms with van der Waals surface area (Å²) in [4.78, 5) is 0. The van der Waals surface area contributed by atoms with Crippen LogP contribution in [0.5, 0.6) is 0 Å². The molecule has 108 valence electrons. The summed E-state index contributed by atoms with van der Waals surface area (Å²) in [5.74, 6) is 0.141. The van der Waals surface area contributed by atoms with Crippen LogP contribution >= 0.6 is 0 Å². The fourth-order valence-corrected chi connectivity index (χ4v) is 2.17. The summed E-state index contributed by atoms with van der Waals surface area (Å²) >= 11 is 0. The summed E-state index contributed by atoms with van der Waals surface area (Å²) < 4.78 is 31.3. The molecule has 1 heterocycles. The van der Waals surface area contributed by atoms with Gasteiger partial charge in [-0.15, -0.1) is 0 Å². The maximum absolute atomic E-state index is 14.3. The van der Waals surface area contributed by atoms with Gasteiger partial charge in [0, 0.05) is 0 Å². The van der Waals surface area contributed by atoms with Crippen LogP contribution in [-0.4, -0.2) is 43.3 Å². The molecular weight excluding hydrogens is 235 g/mol. The monoisotopic (exact) mass is 262 g/mol. The van der Waals surface area contributed by atoms with Gasteiger partial charge in [-0.25, -0.2) is 4.39 Å². The van der Waals surface area contributed by atoms with E-state index in [1.165, 1.54) is 0 Å². The molecule has 18 heavy (non-hydrogen) atoms. The first-order valence-electron chi connectivity index (χ1n) is 6.89. The van der Waals surface area contributed by atoms with E-state index in [9.17, 15) is 4.39 Å². The van der Waals surface area contributed by atoms with Crippen LogP contribution < -0.4 is 0 Å². The van der Waals surface area contributed by atoms with Crippen LogP contribution in [-0.2, 0) is 14.2 Å². The summed E-state index contributed by atoms with van der Waals surface area (Å²) in [6.07, 6.45) is -2.19. The van der Waals surface area contributed by atoms with Crippen LogP contribution in [0.15, 0.2) is 0 Å². The second-order valence-electron chi connectivity index (χ2n) is 5.86. The molecule has 0 aromatic carbocycles. The van der Waals surface area contributed by atoms with Crippen molar-refractivity contribution >= 4 is 0 Å². The second-order valence-corrected chi connectivity index (χ2v) is 5.86. The quantitative estimate of drug-likeness (QED) is 0.736. The molecule has 0 saturated carbocycles. The second kappa shape index (κ2) is 6.83. The minimum absolute atomic E-state index is 0.00990. The molecule has 1 aliphatic heterocycles. The molecule has 1 fully saturated rings. The number of ether oxygens (including phenoxy) is 3. The number of alkyl halides is 1. The van der Waals surface area contributed by atoms with Gasteiger partial charge in [-0.1, -0.05) is 13.8 Å². The molecule has 0 aromatic heterocycles. The zero-order valence-corrected chi connectivity index (χ0v) is 12.4. The highest BCUT2D eigenvalue weighted by Gasteiger charge is 2.47. The lowest BCUT2D eigenvalue weighted by molar-refractivity contribution is -0.0928. The first-order chi connectivity index (χ1) is 8.32. The van der Waals surface area contributed by atoms with Crippen molar-refractivity contribution in [2.75, 3.05) is 6.61 Å². The highest BCUT2D eigenvalue weighted by Crippen LogP contribution is 2.32. The Bertz CT molecular complexity index is 243. The molecule has 4 atom stereocenters. The molecule has 0 aliphatic carbocycles. The maximum atomic E-state index is 14.3. The summed E-state index contributed by atoms with van der Waals surface area (Å²) in [6, 6.07) is 0. The van der Waals surface area contributed by atoms with Crippen molar-refractivity contribution in [1.29, 1.82) is 0 Å². The number of halogens is 1. The van der Waals surface area contributed by atoms with E-state index in [0.717, 1.165) is 0 Å². The summed E-state index contributed by atoms with van der Waals surface area (Å²) in [5, 5.41) is 0. The third-order valence-corrected chi connectivity index (χ3v) is 3.01. The van der Waals surface area contributed by atoms with Crippen molar-refractivity contribution in [3.63, 3.8) is 0 Å². The van der Waals surface area contributed by atoms with Crippen molar-refractivity contribution in [2.24, 2.45) is 5.92 Å². The third kappa shape index (κ3) is 4.18. The van der Waals surface area contributed by atoms with E-state index < -0.39 is 18.4 Å². The Kier molecular flexibility index (Phi) is 6.02. The van der Waals surface area contributed by atoms with Crippen LogP contribution in [0.4, 0.5) is 4.39 Å². The Morgan fingerprint density at radius 1 is 1.06 bits per heavy atom. The van der Waals surface area contributed by atoms with Gasteiger partial charge in [0.25, 0.3) is 0 Å². The molecule has 3 nitrogen and oxygen atoms in total. The normalized spacial score (nSPS) is 33.0. The van der Waals surface area contributed by atoms with Crippen molar-refractivity contribution in [3.8, 4) is 0 Å². The van der Waals surface area contributed by atoms with Gasteiger partial charge in [0.2, 0.25) is 0 Å². The van der Waals surface area contributed by atoms with Gasteiger partial charge in [0.15, 0.2) is 6.17 Å². The average Bonchev–Trinajstić information content (AvgIpc) is 2.53. The van der Waals surface area contributed by atoms with Crippen LogP contribution in [0, 0.1) is 5.92 Å². The van der Waals surface area contributed by atoms with E-state index in [0.29, 0.717) is 6.61 Å². The molecule has 0 amide bonds. The largest absolute Gasteiger partial charge is 0.376 e. The number of hydrogen-bond donors (Lipinski definition) is 0. The van der Waals surface area contributed by atoms with E-state index in [1.807, 2.05) is 41.5 Å². The lowest BCUT2D eigenvalue weighted by atomic mass is 10.0. The van der Waals surface area contributed by atoms with Crippen LogP contribution in [0.25, 0.3) is 0 Å². The van der Waals surface area contributed by atoms with E-state index in [-0.39, 0.29) is 24.2 Å². The van der Waals surface area contributed by atoms with Gasteiger partial charge in [0.1, 0.15) is 12.2 Å². The van der Waals surface area contributed by atoms with Crippen LogP contribution in [0.3, 0.4) is 0 Å². The highest BCUT2D eigenvalue weighted by atomic mass is 19.1. The number of hydrogen-bond acceptors (Lipinski definition) is 3.